The second kappa shape index (κ2) is 5.28. The Hall–Kier alpha value is -1.83. The van der Waals surface area contributed by atoms with Gasteiger partial charge in [0.05, 0.1) is 5.69 Å². The monoisotopic (exact) mass is 269 g/mol. The van der Waals surface area contributed by atoms with Gasteiger partial charge in [0.25, 0.3) is 0 Å². The van der Waals surface area contributed by atoms with Crippen molar-refractivity contribution in [3.63, 3.8) is 0 Å². The summed E-state index contributed by atoms with van der Waals surface area (Å²) in [5, 5.41) is 3.31. The van der Waals surface area contributed by atoms with E-state index in [0.29, 0.717) is 17.6 Å². The van der Waals surface area contributed by atoms with E-state index in [1.165, 1.54) is 11.1 Å². The molecule has 1 saturated carbocycles. The minimum Gasteiger partial charge on any atom is -0.380 e. The van der Waals surface area contributed by atoms with E-state index in [1.54, 1.807) is 6.07 Å². The number of benzene rings is 2. The van der Waals surface area contributed by atoms with Crippen LogP contribution in [0.1, 0.15) is 35.4 Å². The molecule has 0 atom stereocenters. The molecule has 1 aliphatic carbocycles. The van der Waals surface area contributed by atoms with E-state index in [0.717, 1.165) is 18.4 Å². The van der Waals surface area contributed by atoms with Crippen LogP contribution in [-0.2, 0) is 0 Å². The van der Waals surface area contributed by atoms with Crippen LogP contribution >= 0.6 is 0 Å². The number of halogens is 1. The van der Waals surface area contributed by atoms with Gasteiger partial charge in [0.2, 0.25) is 0 Å². The average Bonchev–Trinajstić information content (AvgIpc) is 2.37. The molecule has 0 spiro atoms. The fourth-order valence-corrected chi connectivity index (χ4v) is 2.80. The third kappa shape index (κ3) is 2.69. The summed E-state index contributed by atoms with van der Waals surface area (Å²) in [7, 11) is 0. The maximum atomic E-state index is 13.8. The Kier molecular flexibility index (Phi) is 3.47. The van der Waals surface area contributed by atoms with Crippen LogP contribution in [0.3, 0.4) is 0 Å². The Bertz CT molecular complexity index is 597. The lowest BCUT2D eigenvalue weighted by atomic mass is 9.75. The first kappa shape index (κ1) is 13.2. The predicted molar refractivity (Wildman–Crippen MR) is 81.7 cm³/mol. The van der Waals surface area contributed by atoms with Gasteiger partial charge in [-0.2, -0.15) is 0 Å². The number of hydrogen-bond donors (Lipinski definition) is 1. The van der Waals surface area contributed by atoms with Crippen LogP contribution in [0.2, 0.25) is 0 Å². The molecule has 1 N–H and O–H groups in total. The second-order valence-corrected chi connectivity index (χ2v) is 5.90. The van der Waals surface area contributed by atoms with Crippen molar-refractivity contribution in [2.45, 2.75) is 38.6 Å². The molecule has 0 bridgehead atoms. The first-order chi connectivity index (χ1) is 9.61. The molecule has 2 aromatic rings. The van der Waals surface area contributed by atoms with Gasteiger partial charge >= 0.3 is 0 Å². The Morgan fingerprint density at radius 3 is 2.25 bits per heavy atom. The van der Waals surface area contributed by atoms with Crippen molar-refractivity contribution in [3.8, 4) is 0 Å². The van der Waals surface area contributed by atoms with E-state index in [-0.39, 0.29) is 5.82 Å². The maximum Gasteiger partial charge on any atom is 0.146 e. The van der Waals surface area contributed by atoms with E-state index in [1.807, 2.05) is 19.1 Å². The molecule has 20 heavy (non-hydrogen) atoms. The molecule has 2 aromatic carbocycles. The van der Waals surface area contributed by atoms with Crippen molar-refractivity contribution in [2.75, 3.05) is 5.32 Å². The minimum absolute atomic E-state index is 0.149. The molecule has 1 fully saturated rings. The minimum atomic E-state index is -0.149. The fourth-order valence-electron chi connectivity index (χ4n) is 2.80. The van der Waals surface area contributed by atoms with Crippen LogP contribution in [0.15, 0.2) is 42.5 Å². The standard InChI is InChI=1S/C18H20FN/c1-12-3-6-14(7-4-12)15-10-16(11-15)20-18-8-5-13(2)9-17(18)19/h3-9,15-16,20H,10-11H2,1-2H3. The molecule has 0 radical (unpaired) electrons. The number of anilines is 1. The molecule has 1 nitrogen and oxygen atoms in total. The fraction of sp³-hybridized carbons (Fsp3) is 0.333. The Balaban J connectivity index is 1.59. The van der Waals surface area contributed by atoms with Crippen LogP contribution in [0.25, 0.3) is 0 Å². The highest BCUT2D eigenvalue weighted by Crippen LogP contribution is 2.38. The van der Waals surface area contributed by atoms with Gasteiger partial charge in [-0.3, -0.25) is 0 Å². The third-order valence-electron chi connectivity index (χ3n) is 4.17. The molecule has 104 valence electrons. The number of nitrogens with one attached hydrogen (secondary N) is 1. The third-order valence-corrected chi connectivity index (χ3v) is 4.17. The molecule has 0 heterocycles. The summed E-state index contributed by atoms with van der Waals surface area (Å²) in [6, 6.07) is 14.5. The summed E-state index contributed by atoms with van der Waals surface area (Å²) < 4.78 is 13.8. The molecule has 0 aromatic heterocycles. The van der Waals surface area contributed by atoms with Crippen LogP contribution in [0, 0.1) is 19.7 Å². The highest BCUT2D eigenvalue weighted by Gasteiger charge is 2.30. The van der Waals surface area contributed by atoms with E-state index in [2.05, 4.69) is 36.5 Å². The Labute approximate surface area is 119 Å². The molecular formula is C18H20FN. The second-order valence-electron chi connectivity index (χ2n) is 5.90. The van der Waals surface area contributed by atoms with Crippen LogP contribution in [0.5, 0.6) is 0 Å². The summed E-state index contributed by atoms with van der Waals surface area (Å²) in [5.41, 5.74) is 4.28. The van der Waals surface area contributed by atoms with E-state index >= 15 is 0 Å². The van der Waals surface area contributed by atoms with Gasteiger partial charge in [0.15, 0.2) is 0 Å². The lowest BCUT2D eigenvalue weighted by Gasteiger charge is -2.37. The van der Waals surface area contributed by atoms with Gasteiger partial charge in [0, 0.05) is 6.04 Å². The zero-order chi connectivity index (χ0) is 14.1. The van der Waals surface area contributed by atoms with Crippen molar-refractivity contribution in [2.24, 2.45) is 0 Å². The van der Waals surface area contributed by atoms with E-state index in [9.17, 15) is 4.39 Å². The summed E-state index contributed by atoms with van der Waals surface area (Å²) >= 11 is 0. The zero-order valence-electron chi connectivity index (χ0n) is 12.0. The molecule has 0 saturated heterocycles. The zero-order valence-corrected chi connectivity index (χ0v) is 12.0. The van der Waals surface area contributed by atoms with Crippen molar-refractivity contribution in [3.05, 3.63) is 65.0 Å². The Morgan fingerprint density at radius 1 is 0.950 bits per heavy atom. The largest absolute Gasteiger partial charge is 0.380 e. The lowest BCUT2D eigenvalue weighted by molar-refractivity contribution is 0.373. The van der Waals surface area contributed by atoms with Crippen LogP contribution in [0.4, 0.5) is 10.1 Å². The number of aryl methyl sites for hydroxylation is 2. The first-order valence-corrected chi connectivity index (χ1v) is 7.21. The smallest absolute Gasteiger partial charge is 0.146 e. The van der Waals surface area contributed by atoms with Gasteiger partial charge in [-0.15, -0.1) is 0 Å². The SMILES string of the molecule is Cc1ccc(C2CC(Nc3ccc(C)cc3F)C2)cc1. The topological polar surface area (TPSA) is 12.0 Å². The quantitative estimate of drug-likeness (QED) is 0.844. The lowest BCUT2D eigenvalue weighted by Crippen LogP contribution is -2.34. The molecule has 0 aliphatic heterocycles. The summed E-state index contributed by atoms with van der Waals surface area (Å²) in [5.74, 6) is 0.463. The molecule has 1 aliphatic rings. The van der Waals surface area contributed by atoms with Gasteiger partial charge in [-0.25, -0.2) is 4.39 Å². The van der Waals surface area contributed by atoms with Gasteiger partial charge in [-0.1, -0.05) is 35.9 Å². The predicted octanol–water partition coefficient (Wildman–Crippen LogP) is 4.80. The first-order valence-electron chi connectivity index (χ1n) is 7.21. The van der Waals surface area contributed by atoms with Gasteiger partial charge in [-0.05, 0) is 55.9 Å². The summed E-state index contributed by atoms with van der Waals surface area (Å²) in [6.07, 6.45) is 2.16. The number of hydrogen-bond acceptors (Lipinski definition) is 1. The van der Waals surface area contributed by atoms with Gasteiger partial charge in [0.1, 0.15) is 5.82 Å². The highest BCUT2D eigenvalue weighted by molar-refractivity contribution is 5.48. The highest BCUT2D eigenvalue weighted by atomic mass is 19.1. The molecule has 0 unspecified atom stereocenters. The number of rotatable bonds is 3. The van der Waals surface area contributed by atoms with Crippen molar-refractivity contribution >= 4 is 5.69 Å². The summed E-state index contributed by atoms with van der Waals surface area (Å²) in [6.45, 7) is 4.01. The van der Waals surface area contributed by atoms with E-state index in [4.69, 9.17) is 0 Å². The molecule has 0 amide bonds. The van der Waals surface area contributed by atoms with Crippen LogP contribution in [-0.4, -0.2) is 6.04 Å². The molecular weight excluding hydrogens is 249 g/mol. The van der Waals surface area contributed by atoms with Crippen molar-refractivity contribution in [1.29, 1.82) is 0 Å². The van der Waals surface area contributed by atoms with Crippen molar-refractivity contribution < 1.29 is 4.39 Å². The maximum absolute atomic E-state index is 13.8. The molecule has 2 heteroatoms. The van der Waals surface area contributed by atoms with Gasteiger partial charge < -0.3 is 5.32 Å². The van der Waals surface area contributed by atoms with Crippen LogP contribution < -0.4 is 5.32 Å². The van der Waals surface area contributed by atoms with Crippen molar-refractivity contribution in [1.82, 2.24) is 0 Å². The molecule has 3 rings (SSSR count). The van der Waals surface area contributed by atoms with E-state index < -0.39 is 0 Å². The normalized spacial score (nSPS) is 21.4. The summed E-state index contributed by atoms with van der Waals surface area (Å²) in [4.78, 5) is 0. The Morgan fingerprint density at radius 2 is 1.60 bits per heavy atom. The average molecular weight is 269 g/mol.